The predicted molar refractivity (Wildman–Crippen MR) is 78.1 cm³/mol. The Morgan fingerprint density at radius 2 is 2.21 bits per heavy atom. The van der Waals surface area contributed by atoms with E-state index in [1.54, 1.807) is 7.11 Å². The number of halogens is 1. The highest BCUT2D eigenvalue weighted by Gasteiger charge is 2.21. The lowest BCUT2D eigenvalue weighted by atomic mass is 9.96. The van der Waals surface area contributed by atoms with Crippen molar-refractivity contribution < 1.29 is 4.74 Å². The second-order valence-electron chi connectivity index (χ2n) is 5.09. The molecule has 1 aliphatic heterocycles. The average Bonchev–Trinajstić information content (AvgIpc) is 2.64. The minimum atomic E-state index is 0.391. The lowest BCUT2D eigenvalue weighted by molar-refractivity contribution is 0.410. The molecule has 106 valence electrons. The van der Waals surface area contributed by atoms with Crippen molar-refractivity contribution in [1.82, 2.24) is 9.97 Å². The van der Waals surface area contributed by atoms with Gasteiger partial charge in [0, 0.05) is 13.1 Å². The quantitative estimate of drug-likeness (QED) is 0.792. The first-order valence-corrected chi connectivity index (χ1v) is 7.43. The molecule has 1 aromatic heterocycles. The highest BCUT2D eigenvalue weighted by Crippen LogP contribution is 2.33. The molecule has 0 spiro atoms. The summed E-state index contributed by atoms with van der Waals surface area (Å²) < 4.78 is 5.35. The molecular formula is C14H22ClN3O. The standard InChI is InChI=1S/C14H22ClN3O/c1-3-5-11-6-4-8-18(9-7-11)14-12(19-2)13(15)16-10-17-14/h10-11H,3-9H2,1-2H3. The van der Waals surface area contributed by atoms with Gasteiger partial charge in [0.2, 0.25) is 0 Å². The van der Waals surface area contributed by atoms with Gasteiger partial charge in [0.25, 0.3) is 0 Å². The summed E-state index contributed by atoms with van der Waals surface area (Å²) in [5, 5.41) is 0.391. The van der Waals surface area contributed by atoms with E-state index in [0.717, 1.165) is 24.8 Å². The Morgan fingerprint density at radius 1 is 1.37 bits per heavy atom. The molecule has 2 heterocycles. The minimum absolute atomic E-state index is 0.391. The van der Waals surface area contributed by atoms with Gasteiger partial charge in [0.15, 0.2) is 16.7 Å². The Kier molecular flexibility index (Phi) is 5.25. The number of nitrogens with zero attached hydrogens (tertiary/aromatic N) is 3. The third-order valence-electron chi connectivity index (χ3n) is 3.79. The zero-order valence-electron chi connectivity index (χ0n) is 11.7. The largest absolute Gasteiger partial charge is 0.490 e. The number of hydrogen-bond donors (Lipinski definition) is 0. The first-order valence-electron chi connectivity index (χ1n) is 7.05. The smallest absolute Gasteiger partial charge is 0.199 e. The monoisotopic (exact) mass is 283 g/mol. The van der Waals surface area contributed by atoms with Crippen LogP contribution in [0.5, 0.6) is 5.75 Å². The maximum Gasteiger partial charge on any atom is 0.199 e. The fraction of sp³-hybridized carbons (Fsp3) is 0.714. The summed E-state index contributed by atoms with van der Waals surface area (Å²) in [5.41, 5.74) is 0. The maximum absolute atomic E-state index is 6.07. The molecule has 0 radical (unpaired) electrons. The Bertz CT molecular complexity index is 414. The molecular weight excluding hydrogens is 262 g/mol. The van der Waals surface area contributed by atoms with E-state index >= 15 is 0 Å². The van der Waals surface area contributed by atoms with Crippen LogP contribution in [-0.4, -0.2) is 30.2 Å². The van der Waals surface area contributed by atoms with Crippen molar-refractivity contribution in [3.63, 3.8) is 0 Å². The molecule has 0 aromatic carbocycles. The summed E-state index contributed by atoms with van der Waals surface area (Å²) in [6.45, 7) is 4.30. The topological polar surface area (TPSA) is 38.2 Å². The lowest BCUT2D eigenvalue weighted by Gasteiger charge is -2.23. The van der Waals surface area contributed by atoms with E-state index in [1.165, 1.54) is 38.4 Å². The second-order valence-corrected chi connectivity index (χ2v) is 5.45. The summed E-state index contributed by atoms with van der Waals surface area (Å²) in [4.78, 5) is 10.6. The fourth-order valence-corrected chi connectivity index (χ4v) is 3.02. The molecule has 0 aliphatic carbocycles. The third-order valence-corrected chi connectivity index (χ3v) is 4.06. The summed E-state index contributed by atoms with van der Waals surface area (Å²) in [7, 11) is 1.62. The Labute approximate surface area is 120 Å². The first kappa shape index (κ1) is 14.4. The van der Waals surface area contributed by atoms with Gasteiger partial charge in [0.1, 0.15) is 6.33 Å². The lowest BCUT2D eigenvalue weighted by Crippen LogP contribution is -2.26. The van der Waals surface area contributed by atoms with E-state index in [4.69, 9.17) is 16.3 Å². The van der Waals surface area contributed by atoms with Crippen LogP contribution in [0.1, 0.15) is 39.0 Å². The van der Waals surface area contributed by atoms with Gasteiger partial charge in [-0.1, -0.05) is 31.4 Å². The molecule has 0 amide bonds. The normalized spacial score (nSPS) is 20.2. The van der Waals surface area contributed by atoms with E-state index in [0.29, 0.717) is 10.9 Å². The number of hydrogen-bond acceptors (Lipinski definition) is 4. The average molecular weight is 284 g/mol. The van der Waals surface area contributed by atoms with Crippen molar-refractivity contribution in [2.45, 2.75) is 39.0 Å². The van der Waals surface area contributed by atoms with Crippen LogP contribution in [-0.2, 0) is 0 Å². The highest BCUT2D eigenvalue weighted by molar-refractivity contribution is 6.31. The molecule has 1 aromatic rings. The van der Waals surface area contributed by atoms with Crippen molar-refractivity contribution in [2.24, 2.45) is 5.92 Å². The molecule has 4 nitrogen and oxygen atoms in total. The van der Waals surface area contributed by atoms with Crippen molar-refractivity contribution in [2.75, 3.05) is 25.1 Å². The number of anilines is 1. The van der Waals surface area contributed by atoms with E-state index in [-0.39, 0.29) is 0 Å². The Hall–Kier alpha value is -1.03. The van der Waals surface area contributed by atoms with Crippen LogP contribution >= 0.6 is 11.6 Å². The molecule has 19 heavy (non-hydrogen) atoms. The van der Waals surface area contributed by atoms with Gasteiger partial charge >= 0.3 is 0 Å². The third kappa shape index (κ3) is 3.50. The molecule has 1 aliphatic rings. The summed E-state index contributed by atoms with van der Waals surface area (Å²) in [5.74, 6) is 2.27. The summed E-state index contributed by atoms with van der Waals surface area (Å²) in [6.07, 6.45) is 7.84. The van der Waals surface area contributed by atoms with Crippen molar-refractivity contribution in [3.05, 3.63) is 11.5 Å². The van der Waals surface area contributed by atoms with E-state index in [1.807, 2.05) is 0 Å². The second kappa shape index (κ2) is 6.94. The molecule has 5 heteroatoms. The zero-order valence-corrected chi connectivity index (χ0v) is 12.5. The van der Waals surface area contributed by atoms with Gasteiger partial charge in [-0.3, -0.25) is 0 Å². The molecule has 1 unspecified atom stereocenters. The molecule has 0 N–H and O–H groups in total. The van der Waals surface area contributed by atoms with Crippen molar-refractivity contribution in [3.8, 4) is 5.75 Å². The zero-order chi connectivity index (χ0) is 13.7. The van der Waals surface area contributed by atoms with Crippen LogP contribution in [0, 0.1) is 5.92 Å². The fourth-order valence-electron chi connectivity index (χ4n) is 2.82. The molecule has 0 saturated carbocycles. The van der Waals surface area contributed by atoms with Crippen LogP contribution in [0.4, 0.5) is 5.82 Å². The van der Waals surface area contributed by atoms with Gasteiger partial charge in [0.05, 0.1) is 7.11 Å². The highest BCUT2D eigenvalue weighted by atomic mass is 35.5. The number of ether oxygens (including phenoxy) is 1. The molecule has 1 fully saturated rings. The van der Waals surface area contributed by atoms with Gasteiger partial charge in [-0.05, 0) is 25.2 Å². The predicted octanol–water partition coefficient (Wildman–Crippen LogP) is 3.55. The van der Waals surface area contributed by atoms with Crippen molar-refractivity contribution >= 4 is 17.4 Å². The molecule has 1 saturated heterocycles. The maximum atomic E-state index is 6.07. The SMILES string of the molecule is CCCC1CCCN(c2ncnc(Cl)c2OC)CC1. The number of rotatable bonds is 4. The van der Waals surface area contributed by atoms with Crippen LogP contribution < -0.4 is 9.64 Å². The molecule has 1 atom stereocenters. The van der Waals surface area contributed by atoms with Crippen molar-refractivity contribution in [1.29, 1.82) is 0 Å². The Balaban J connectivity index is 2.12. The van der Waals surface area contributed by atoms with Gasteiger partial charge in [-0.2, -0.15) is 0 Å². The van der Waals surface area contributed by atoms with Gasteiger partial charge < -0.3 is 9.64 Å². The van der Waals surface area contributed by atoms with Crippen LogP contribution in [0.25, 0.3) is 0 Å². The number of aromatic nitrogens is 2. The van der Waals surface area contributed by atoms with Gasteiger partial charge in [-0.25, -0.2) is 9.97 Å². The number of methoxy groups -OCH3 is 1. The van der Waals surface area contributed by atoms with Gasteiger partial charge in [-0.15, -0.1) is 0 Å². The van der Waals surface area contributed by atoms with E-state index in [9.17, 15) is 0 Å². The van der Waals surface area contributed by atoms with Crippen LogP contribution in [0.3, 0.4) is 0 Å². The van der Waals surface area contributed by atoms with Crippen LogP contribution in [0.15, 0.2) is 6.33 Å². The molecule has 0 bridgehead atoms. The summed E-state index contributed by atoms with van der Waals surface area (Å²) in [6, 6.07) is 0. The minimum Gasteiger partial charge on any atom is -0.490 e. The summed E-state index contributed by atoms with van der Waals surface area (Å²) >= 11 is 6.07. The Morgan fingerprint density at radius 3 is 2.95 bits per heavy atom. The van der Waals surface area contributed by atoms with Crippen LogP contribution in [0.2, 0.25) is 5.15 Å². The molecule has 2 rings (SSSR count). The van der Waals surface area contributed by atoms with E-state index in [2.05, 4.69) is 21.8 Å². The first-order chi connectivity index (χ1) is 9.26. The van der Waals surface area contributed by atoms with E-state index < -0.39 is 0 Å².